The average molecular weight is 254 g/mol. The maximum Gasteiger partial charge on any atom is 0.418 e. The second kappa shape index (κ2) is 4.93. The smallest absolute Gasteiger partial charge is 0.379 e. The zero-order chi connectivity index (χ0) is 12.3. The fourth-order valence-corrected chi connectivity index (χ4v) is 1.30. The molecular weight excluding hydrogens is 243 g/mol. The summed E-state index contributed by atoms with van der Waals surface area (Å²) in [5.74, 6) is 0. The molecule has 0 bridgehead atoms. The largest absolute Gasteiger partial charge is 0.418 e. The van der Waals surface area contributed by atoms with E-state index in [1.165, 1.54) is 28.6 Å². The van der Waals surface area contributed by atoms with E-state index in [0.717, 1.165) is 5.57 Å². The molecule has 0 fully saturated rings. The Morgan fingerprint density at radius 1 is 1.62 bits per heavy atom. The lowest BCUT2D eigenvalue weighted by atomic mass is 10.2. The number of hydrogen-bond donors (Lipinski definition) is 1. The first-order valence-corrected chi connectivity index (χ1v) is 4.94. The van der Waals surface area contributed by atoms with Gasteiger partial charge in [-0.05, 0) is 18.6 Å². The van der Waals surface area contributed by atoms with Crippen LogP contribution < -0.4 is 0 Å². The molecule has 1 atom stereocenters. The van der Waals surface area contributed by atoms with E-state index in [-0.39, 0.29) is 5.56 Å². The first-order valence-electron chi connectivity index (χ1n) is 4.51. The number of aliphatic hydroxyl groups excluding tert-OH is 1. The van der Waals surface area contributed by atoms with Crippen molar-refractivity contribution in [3.63, 3.8) is 0 Å². The van der Waals surface area contributed by atoms with E-state index in [1.807, 2.05) is 0 Å². The standard InChI is InChI=1S/C10H11ClF3NO/c1-7(4-11)5-15-3-2-8(6-15)9(16)10(12,13)14/h2-4,6,9,16H,5H2,1H3/b7-4-. The summed E-state index contributed by atoms with van der Waals surface area (Å²) < 4.78 is 38.1. The molecule has 1 unspecified atom stereocenters. The normalized spacial score (nSPS) is 15.2. The molecule has 0 saturated carbocycles. The molecule has 1 N–H and O–H groups in total. The third kappa shape index (κ3) is 3.28. The van der Waals surface area contributed by atoms with Crippen molar-refractivity contribution in [1.82, 2.24) is 4.57 Å². The highest BCUT2D eigenvalue weighted by molar-refractivity contribution is 6.25. The second-order valence-corrected chi connectivity index (χ2v) is 3.73. The maximum atomic E-state index is 12.2. The summed E-state index contributed by atoms with van der Waals surface area (Å²) in [5.41, 5.74) is 2.00. The predicted octanol–water partition coefficient (Wildman–Crippen LogP) is 3.23. The molecule has 0 aliphatic carbocycles. The number of alkyl halides is 3. The van der Waals surface area contributed by atoms with Crippen LogP contribution in [0.25, 0.3) is 0 Å². The van der Waals surface area contributed by atoms with Gasteiger partial charge in [0.2, 0.25) is 0 Å². The lowest BCUT2D eigenvalue weighted by molar-refractivity contribution is -0.206. The molecule has 16 heavy (non-hydrogen) atoms. The zero-order valence-electron chi connectivity index (χ0n) is 8.50. The van der Waals surface area contributed by atoms with Crippen LogP contribution in [0.4, 0.5) is 13.2 Å². The van der Waals surface area contributed by atoms with Crippen LogP contribution >= 0.6 is 11.6 Å². The van der Waals surface area contributed by atoms with Gasteiger partial charge in [0.25, 0.3) is 0 Å². The fraction of sp³-hybridized carbons (Fsp3) is 0.400. The maximum absolute atomic E-state index is 12.2. The number of aliphatic hydroxyl groups is 1. The minimum atomic E-state index is -4.64. The molecule has 0 aliphatic heterocycles. The van der Waals surface area contributed by atoms with Crippen molar-refractivity contribution < 1.29 is 18.3 Å². The summed E-state index contributed by atoms with van der Waals surface area (Å²) in [5, 5.41) is 8.98. The van der Waals surface area contributed by atoms with Crippen LogP contribution in [0, 0.1) is 0 Å². The Kier molecular flexibility index (Phi) is 4.04. The van der Waals surface area contributed by atoms with Crippen molar-refractivity contribution in [1.29, 1.82) is 0 Å². The van der Waals surface area contributed by atoms with Crippen LogP contribution in [0.2, 0.25) is 0 Å². The number of hydrogen-bond acceptors (Lipinski definition) is 1. The van der Waals surface area contributed by atoms with Gasteiger partial charge in [-0.15, -0.1) is 0 Å². The molecule has 1 aromatic heterocycles. The van der Waals surface area contributed by atoms with E-state index < -0.39 is 12.3 Å². The Bertz CT molecular complexity index is 384. The number of aromatic nitrogens is 1. The minimum Gasteiger partial charge on any atom is -0.379 e. The number of nitrogens with zero attached hydrogens (tertiary/aromatic N) is 1. The first-order chi connectivity index (χ1) is 7.34. The SMILES string of the molecule is C/C(=C/Cl)Cn1ccc(C(O)C(F)(F)F)c1. The highest BCUT2D eigenvalue weighted by Crippen LogP contribution is 2.32. The monoisotopic (exact) mass is 253 g/mol. The van der Waals surface area contributed by atoms with E-state index >= 15 is 0 Å². The van der Waals surface area contributed by atoms with Crippen LogP contribution in [0.5, 0.6) is 0 Å². The zero-order valence-corrected chi connectivity index (χ0v) is 9.26. The molecule has 90 valence electrons. The van der Waals surface area contributed by atoms with Crippen LogP contribution in [0.1, 0.15) is 18.6 Å². The van der Waals surface area contributed by atoms with E-state index in [4.69, 9.17) is 16.7 Å². The Morgan fingerprint density at radius 3 is 2.75 bits per heavy atom. The predicted molar refractivity (Wildman–Crippen MR) is 55.1 cm³/mol. The summed E-state index contributed by atoms with van der Waals surface area (Å²) >= 11 is 5.44. The van der Waals surface area contributed by atoms with E-state index in [0.29, 0.717) is 6.54 Å². The summed E-state index contributed by atoms with van der Waals surface area (Å²) in [7, 11) is 0. The van der Waals surface area contributed by atoms with Crippen molar-refractivity contribution in [2.24, 2.45) is 0 Å². The molecule has 0 saturated heterocycles. The molecule has 0 amide bonds. The van der Waals surface area contributed by atoms with Gasteiger partial charge in [-0.1, -0.05) is 11.6 Å². The van der Waals surface area contributed by atoms with Crippen LogP contribution in [0.3, 0.4) is 0 Å². The molecule has 0 radical (unpaired) electrons. The van der Waals surface area contributed by atoms with Gasteiger partial charge in [0.1, 0.15) is 0 Å². The Hall–Kier alpha value is -0.940. The molecule has 1 aromatic rings. The lowest BCUT2D eigenvalue weighted by Crippen LogP contribution is -2.19. The third-order valence-electron chi connectivity index (χ3n) is 2.02. The van der Waals surface area contributed by atoms with E-state index in [2.05, 4.69) is 0 Å². The molecule has 2 nitrogen and oxygen atoms in total. The van der Waals surface area contributed by atoms with E-state index in [9.17, 15) is 13.2 Å². The molecule has 6 heteroatoms. The van der Waals surface area contributed by atoms with Gasteiger partial charge in [0.05, 0.1) is 0 Å². The minimum absolute atomic E-state index is 0.171. The van der Waals surface area contributed by atoms with Gasteiger partial charge in [-0.2, -0.15) is 13.2 Å². The lowest BCUT2D eigenvalue weighted by Gasteiger charge is -2.12. The van der Waals surface area contributed by atoms with Crippen molar-refractivity contribution in [2.75, 3.05) is 0 Å². The molecule has 1 heterocycles. The van der Waals surface area contributed by atoms with Gasteiger partial charge in [-0.25, -0.2) is 0 Å². The highest BCUT2D eigenvalue weighted by Gasteiger charge is 2.39. The number of allylic oxidation sites excluding steroid dienone is 1. The van der Waals surface area contributed by atoms with Gasteiger partial charge >= 0.3 is 6.18 Å². The van der Waals surface area contributed by atoms with Crippen molar-refractivity contribution in [3.8, 4) is 0 Å². The summed E-state index contributed by atoms with van der Waals surface area (Å²) in [6, 6.07) is 1.24. The van der Waals surface area contributed by atoms with Gasteiger partial charge in [-0.3, -0.25) is 0 Å². The van der Waals surface area contributed by atoms with Crippen LogP contribution in [0.15, 0.2) is 29.6 Å². The molecule has 0 spiro atoms. The van der Waals surface area contributed by atoms with Crippen LogP contribution in [-0.4, -0.2) is 15.8 Å². The Morgan fingerprint density at radius 2 is 2.25 bits per heavy atom. The Labute approximate surface area is 95.9 Å². The molecule has 0 aromatic carbocycles. The Balaban J connectivity index is 2.79. The van der Waals surface area contributed by atoms with Gasteiger partial charge < -0.3 is 9.67 Å². The van der Waals surface area contributed by atoms with Gasteiger partial charge in [0, 0.05) is 30.0 Å². The average Bonchev–Trinajstić information content (AvgIpc) is 2.63. The van der Waals surface area contributed by atoms with Crippen molar-refractivity contribution in [3.05, 3.63) is 35.1 Å². The topological polar surface area (TPSA) is 25.2 Å². The highest BCUT2D eigenvalue weighted by atomic mass is 35.5. The van der Waals surface area contributed by atoms with Gasteiger partial charge in [0.15, 0.2) is 6.10 Å². The molecule has 0 aliphatic rings. The van der Waals surface area contributed by atoms with Crippen molar-refractivity contribution >= 4 is 11.6 Å². The quantitative estimate of drug-likeness (QED) is 0.879. The molecular formula is C10H11ClF3NO. The first kappa shape index (κ1) is 13.1. The number of rotatable bonds is 3. The number of halogens is 4. The van der Waals surface area contributed by atoms with Crippen LogP contribution in [-0.2, 0) is 6.54 Å². The summed E-state index contributed by atoms with van der Waals surface area (Å²) in [6.07, 6.45) is -4.35. The molecule has 1 rings (SSSR count). The summed E-state index contributed by atoms with van der Waals surface area (Å²) in [4.78, 5) is 0. The fourth-order valence-electron chi connectivity index (χ4n) is 1.23. The second-order valence-electron chi connectivity index (χ2n) is 3.52. The summed E-state index contributed by atoms with van der Waals surface area (Å²) in [6.45, 7) is 2.15. The van der Waals surface area contributed by atoms with Crippen molar-refractivity contribution in [2.45, 2.75) is 25.7 Å². The third-order valence-corrected chi connectivity index (χ3v) is 2.39. The van der Waals surface area contributed by atoms with E-state index in [1.54, 1.807) is 6.92 Å².